The van der Waals surface area contributed by atoms with Crippen molar-refractivity contribution in [3.8, 4) is 21.8 Å². The molecular weight excluding hydrogens is 358 g/mol. The van der Waals surface area contributed by atoms with E-state index in [1.165, 1.54) is 23.6 Å². The Bertz CT molecular complexity index is 1110. The van der Waals surface area contributed by atoms with Gasteiger partial charge in [-0.15, -0.1) is 0 Å². The highest BCUT2D eigenvalue weighted by molar-refractivity contribution is 7.19. The van der Waals surface area contributed by atoms with Crippen molar-refractivity contribution in [2.24, 2.45) is 0 Å². The van der Waals surface area contributed by atoms with E-state index < -0.39 is 5.92 Å². The molecule has 4 rings (SSSR count). The zero-order valence-corrected chi connectivity index (χ0v) is 14.8. The smallest absolute Gasteiger partial charge is 0.274 e. The zero-order chi connectivity index (χ0) is 18.5. The molecule has 0 bridgehead atoms. The van der Waals surface area contributed by atoms with Gasteiger partial charge in [0.05, 0.1) is 17.5 Å². The maximum absolute atomic E-state index is 13.8. The number of nitrogen functional groups attached to an aromatic ring is 1. The van der Waals surface area contributed by atoms with Crippen LogP contribution in [0.1, 0.15) is 18.1 Å². The molecule has 2 N–H and O–H groups in total. The van der Waals surface area contributed by atoms with Gasteiger partial charge in [-0.05, 0) is 24.6 Å². The zero-order valence-electron chi connectivity index (χ0n) is 13.9. The molecule has 26 heavy (non-hydrogen) atoms. The van der Waals surface area contributed by atoms with Crippen LogP contribution in [0.25, 0.3) is 26.8 Å². The van der Waals surface area contributed by atoms with Gasteiger partial charge in [-0.1, -0.05) is 11.3 Å². The molecule has 0 amide bonds. The van der Waals surface area contributed by atoms with Gasteiger partial charge in [0, 0.05) is 36.6 Å². The van der Waals surface area contributed by atoms with Crippen LogP contribution in [-0.4, -0.2) is 24.6 Å². The monoisotopic (exact) mass is 372 g/mol. The minimum Gasteiger partial charge on any atom is -0.383 e. The summed E-state index contributed by atoms with van der Waals surface area (Å²) in [6.45, 7) is 2.77. The maximum atomic E-state index is 13.8. The van der Waals surface area contributed by atoms with E-state index in [1.807, 2.05) is 13.0 Å². The second-order valence-electron chi connectivity index (χ2n) is 5.98. The van der Waals surface area contributed by atoms with Gasteiger partial charge in [0.15, 0.2) is 0 Å². The van der Waals surface area contributed by atoms with Crippen LogP contribution < -0.4 is 5.73 Å². The molecule has 9 heteroatoms. The predicted molar refractivity (Wildman–Crippen MR) is 96.0 cm³/mol. The molecule has 0 aromatic carbocycles. The molecule has 0 aliphatic rings. The normalized spacial score (nSPS) is 12.0. The van der Waals surface area contributed by atoms with Gasteiger partial charge >= 0.3 is 0 Å². The Kier molecular flexibility index (Phi) is 3.69. The van der Waals surface area contributed by atoms with Gasteiger partial charge < -0.3 is 5.73 Å². The van der Waals surface area contributed by atoms with Crippen molar-refractivity contribution < 1.29 is 8.78 Å². The number of halogens is 2. The van der Waals surface area contributed by atoms with E-state index in [9.17, 15) is 8.78 Å². The highest BCUT2D eigenvalue weighted by Crippen LogP contribution is 2.35. The van der Waals surface area contributed by atoms with Crippen molar-refractivity contribution >= 4 is 22.1 Å². The minimum absolute atomic E-state index is 0.188. The molecule has 4 aromatic heterocycles. The van der Waals surface area contributed by atoms with E-state index in [4.69, 9.17) is 5.73 Å². The summed E-state index contributed by atoms with van der Waals surface area (Å²) in [5.41, 5.74) is 8.28. The van der Waals surface area contributed by atoms with Crippen molar-refractivity contribution in [1.82, 2.24) is 24.6 Å². The Labute approximate surface area is 151 Å². The molecule has 6 nitrogen and oxygen atoms in total. The van der Waals surface area contributed by atoms with Gasteiger partial charge in [-0.25, -0.2) is 23.3 Å². The summed E-state index contributed by atoms with van der Waals surface area (Å²) in [6.07, 6.45) is 6.50. The van der Waals surface area contributed by atoms with Gasteiger partial charge in [0.25, 0.3) is 5.92 Å². The Morgan fingerprint density at radius 1 is 1.19 bits per heavy atom. The van der Waals surface area contributed by atoms with E-state index in [1.54, 1.807) is 23.1 Å². The van der Waals surface area contributed by atoms with Crippen LogP contribution in [0.5, 0.6) is 0 Å². The fourth-order valence-electron chi connectivity index (χ4n) is 2.65. The van der Waals surface area contributed by atoms with E-state index in [0.29, 0.717) is 16.2 Å². The molecular formula is C17H14F2N6S. The van der Waals surface area contributed by atoms with Gasteiger partial charge in [-0.2, -0.15) is 5.10 Å². The Hall–Kier alpha value is -2.94. The largest absolute Gasteiger partial charge is 0.383 e. The number of nitrogens with two attached hydrogens (primary N) is 1. The lowest BCUT2D eigenvalue weighted by atomic mass is 10.1. The molecule has 0 aliphatic carbocycles. The summed E-state index contributed by atoms with van der Waals surface area (Å²) in [7, 11) is 0. The number of aromatic nitrogens is 5. The van der Waals surface area contributed by atoms with Crippen LogP contribution in [0.2, 0.25) is 0 Å². The molecule has 0 saturated carbocycles. The Morgan fingerprint density at radius 2 is 2.00 bits per heavy atom. The van der Waals surface area contributed by atoms with Crippen LogP contribution >= 0.6 is 11.3 Å². The summed E-state index contributed by atoms with van der Waals surface area (Å²) in [4.78, 5) is 13.0. The molecule has 0 aliphatic heterocycles. The first kappa shape index (κ1) is 16.5. The van der Waals surface area contributed by atoms with Crippen molar-refractivity contribution in [3.05, 3.63) is 48.0 Å². The first-order chi connectivity index (χ1) is 12.3. The number of fused-ring (bicyclic) bond motifs is 1. The fourth-order valence-corrected chi connectivity index (χ4v) is 3.60. The predicted octanol–water partition coefficient (Wildman–Crippen LogP) is 3.92. The lowest BCUT2D eigenvalue weighted by molar-refractivity contribution is 0.0180. The number of nitrogens with zero attached hydrogens (tertiary/aromatic N) is 5. The highest BCUT2D eigenvalue weighted by Gasteiger charge is 2.28. The van der Waals surface area contributed by atoms with E-state index in [0.717, 1.165) is 23.1 Å². The first-order valence-corrected chi connectivity index (χ1v) is 8.56. The van der Waals surface area contributed by atoms with Gasteiger partial charge in [0.2, 0.25) is 4.96 Å². The number of anilines is 1. The van der Waals surface area contributed by atoms with Gasteiger partial charge in [0.1, 0.15) is 10.8 Å². The SMILES string of the molecule is Cc1ccncc1-c1nn2c(-c3cnc(N)c(C(C)(F)F)c3)cnc2s1. The standard InChI is InChI=1S/C17H14F2N6S/c1-9-3-4-21-7-11(9)15-24-25-13(8-23-16(25)26-15)10-5-12(17(2,18)19)14(20)22-6-10/h3-8H,1-2H3,(H2,20,22). The topological polar surface area (TPSA) is 82.0 Å². The molecule has 0 radical (unpaired) electrons. The Morgan fingerprint density at radius 3 is 2.73 bits per heavy atom. The van der Waals surface area contributed by atoms with Crippen LogP contribution in [0, 0.1) is 6.92 Å². The second-order valence-corrected chi connectivity index (χ2v) is 6.94. The number of rotatable bonds is 3. The quantitative estimate of drug-likeness (QED) is 0.589. The number of pyridine rings is 2. The van der Waals surface area contributed by atoms with Crippen LogP contribution in [0.4, 0.5) is 14.6 Å². The van der Waals surface area contributed by atoms with Crippen molar-refractivity contribution in [2.75, 3.05) is 5.73 Å². The molecule has 0 fully saturated rings. The number of hydrogen-bond acceptors (Lipinski definition) is 6. The van der Waals surface area contributed by atoms with Gasteiger partial charge in [-0.3, -0.25) is 4.98 Å². The van der Waals surface area contributed by atoms with Crippen LogP contribution in [-0.2, 0) is 5.92 Å². The molecule has 4 aromatic rings. The molecule has 0 saturated heterocycles. The number of alkyl halides is 2. The summed E-state index contributed by atoms with van der Waals surface area (Å²) in [5.74, 6) is -3.27. The summed E-state index contributed by atoms with van der Waals surface area (Å²) >= 11 is 1.40. The molecule has 0 atom stereocenters. The van der Waals surface area contributed by atoms with Crippen molar-refractivity contribution in [1.29, 1.82) is 0 Å². The molecule has 0 unspecified atom stereocenters. The highest BCUT2D eigenvalue weighted by atomic mass is 32.1. The summed E-state index contributed by atoms with van der Waals surface area (Å²) in [5, 5.41) is 5.33. The van der Waals surface area contributed by atoms with Crippen LogP contribution in [0.15, 0.2) is 36.9 Å². The average molecular weight is 372 g/mol. The lowest BCUT2D eigenvalue weighted by Gasteiger charge is -2.13. The summed E-state index contributed by atoms with van der Waals surface area (Å²) in [6, 6.07) is 3.24. The molecule has 0 spiro atoms. The number of aryl methyl sites for hydroxylation is 1. The van der Waals surface area contributed by atoms with Crippen molar-refractivity contribution in [2.45, 2.75) is 19.8 Å². The third-order valence-electron chi connectivity index (χ3n) is 4.04. The molecule has 4 heterocycles. The van der Waals surface area contributed by atoms with E-state index in [-0.39, 0.29) is 11.4 Å². The third-order valence-corrected chi connectivity index (χ3v) is 5.00. The van der Waals surface area contributed by atoms with Crippen LogP contribution in [0.3, 0.4) is 0 Å². The molecule has 132 valence electrons. The van der Waals surface area contributed by atoms with E-state index >= 15 is 0 Å². The Balaban J connectivity index is 1.85. The summed E-state index contributed by atoms with van der Waals surface area (Å²) < 4.78 is 29.1. The van der Waals surface area contributed by atoms with Crippen molar-refractivity contribution in [3.63, 3.8) is 0 Å². The third kappa shape index (κ3) is 2.70. The number of imidazole rings is 1. The average Bonchev–Trinajstić information content (AvgIpc) is 3.15. The van der Waals surface area contributed by atoms with E-state index in [2.05, 4.69) is 20.1 Å². The lowest BCUT2D eigenvalue weighted by Crippen LogP contribution is -2.12. The first-order valence-electron chi connectivity index (χ1n) is 7.74. The second kappa shape index (κ2) is 5.80. The minimum atomic E-state index is -3.09. The number of hydrogen-bond donors (Lipinski definition) is 1. The fraction of sp³-hybridized carbons (Fsp3) is 0.176. The maximum Gasteiger partial charge on any atom is 0.274 e.